The molecule has 1 aliphatic carbocycles. The summed E-state index contributed by atoms with van der Waals surface area (Å²) in [7, 11) is 0. The van der Waals surface area contributed by atoms with Crippen LogP contribution in [0.4, 0.5) is 0 Å². The predicted molar refractivity (Wildman–Crippen MR) is 72.2 cm³/mol. The van der Waals surface area contributed by atoms with Crippen LogP contribution in [-0.4, -0.2) is 5.11 Å². The van der Waals surface area contributed by atoms with E-state index >= 15 is 0 Å². The molecule has 0 heterocycles. The highest BCUT2D eigenvalue weighted by molar-refractivity contribution is 6.30. The fraction of sp³-hybridized carbons (Fsp3) is 0.467. The number of aliphatic hydroxyl groups is 1. The molecule has 1 N–H and O–H groups in total. The molecule has 0 fully saturated rings. The van der Waals surface area contributed by atoms with Crippen molar-refractivity contribution in [2.24, 2.45) is 0 Å². The van der Waals surface area contributed by atoms with E-state index in [1.165, 1.54) is 19.3 Å². The van der Waals surface area contributed by atoms with Gasteiger partial charge in [-0.25, -0.2) is 0 Å². The summed E-state index contributed by atoms with van der Waals surface area (Å²) in [6.45, 7) is 1.88. The van der Waals surface area contributed by atoms with Gasteiger partial charge in [-0.2, -0.15) is 0 Å². The molecule has 2 heteroatoms. The van der Waals surface area contributed by atoms with Gasteiger partial charge in [0.25, 0.3) is 0 Å². The van der Waals surface area contributed by atoms with Crippen molar-refractivity contribution in [1.29, 1.82) is 0 Å². The molecule has 2 rings (SSSR count). The lowest BCUT2D eigenvalue weighted by Gasteiger charge is -2.27. The number of hydrogen-bond acceptors (Lipinski definition) is 1. The molecule has 0 spiro atoms. The van der Waals surface area contributed by atoms with Crippen LogP contribution in [0.25, 0.3) is 0 Å². The Balaban J connectivity index is 2.27. The Morgan fingerprint density at radius 1 is 1.12 bits per heavy atom. The van der Waals surface area contributed by atoms with Gasteiger partial charge < -0.3 is 5.11 Å². The minimum absolute atomic E-state index is 0.708. The third kappa shape index (κ3) is 2.91. The highest BCUT2D eigenvalue weighted by atomic mass is 35.5. The SMILES string of the molecule is CC(O)(C1=CCCCCC1)c1ccc(Cl)cc1. The molecule has 1 nitrogen and oxygen atoms in total. The van der Waals surface area contributed by atoms with Crippen LogP contribution in [0.15, 0.2) is 35.9 Å². The predicted octanol–water partition coefficient (Wildman–Crippen LogP) is 4.44. The topological polar surface area (TPSA) is 20.2 Å². The number of hydrogen-bond donors (Lipinski definition) is 1. The summed E-state index contributed by atoms with van der Waals surface area (Å²) < 4.78 is 0. The van der Waals surface area contributed by atoms with Crippen molar-refractivity contribution < 1.29 is 5.11 Å². The zero-order chi connectivity index (χ0) is 12.3. The van der Waals surface area contributed by atoms with Gasteiger partial charge in [-0.3, -0.25) is 0 Å². The van der Waals surface area contributed by atoms with Crippen molar-refractivity contribution in [3.8, 4) is 0 Å². The van der Waals surface area contributed by atoms with E-state index in [1.807, 2.05) is 31.2 Å². The minimum Gasteiger partial charge on any atom is -0.381 e. The lowest BCUT2D eigenvalue weighted by Crippen LogP contribution is -2.24. The molecule has 0 radical (unpaired) electrons. The normalized spacial score (nSPS) is 20.3. The Hall–Kier alpha value is -0.790. The monoisotopic (exact) mass is 250 g/mol. The second kappa shape index (κ2) is 5.24. The van der Waals surface area contributed by atoms with Crippen LogP contribution >= 0.6 is 11.6 Å². The summed E-state index contributed by atoms with van der Waals surface area (Å²) in [5.74, 6) is 0. The average Bonchev–Trinajstić information content (AvgIpc) is 2.58. The quantitative estimate of drug-likeness (QED) is 0.770. The number of halogens is 1. The van der Waals surface area contributed by atoms with E-state index in [4.69, 9.17) is 11.6 Å². The zero-order valence-corrected chi connectivity index (χ0v) is 11.0. The van der Waals surface area contributed by atoms with E-state index in [-0.39, 0.29) is 0 Å². The maximum atomic E-state index is 10.7. The number of benzene rings is 1. The van der Waals surface area contributed by atoms with Crippen LogP contribution in [0.1, 0.15) is 44.6 Å². The van der Waals surface area contributed by atoms with Gasteiger partial charge >= 0.3 is 0 Å². The molecule has 1 aromatic rings. The fourth-order valence-electron chi connectivity index (χ4n) is 2.42. The molecule has 1 unspecified atom stereocenters. The molecule has 1 atom stereocenters. The molecule has 0 bridgehead atoms. The van der Waals surface area contributed by atoms with E-state index in [2.05, 4.69) is 6.08 Å². The first-order valence-corrected chi connectivity index (χ1v) is 6.66. The van der Waals surface area contributed by atoms with Gasteiger partial charge in [-0.1, -0.05) is 36.2 Å². The van der Waals surface area contributed by atoms with Gasteiger partial charge in [0.2, 0.25) is 0 Å². The summed E-state index contributed by atoms with van der Waals surface area (Å²) >= 11 is 5.88. The Labute approximate surface area is 108 Å². The summed E-state index contributed by atoms with van der Waals surface area (Å²) in [5, 5.41) is 11.4. The van der Waals surface area contributed by atoms with Crippen molar-refractivity contribution in [3.05, 3.63) is 46.5 Å². The molecular weight excluding hydrogens is 232 g/mol. The van der Waals surface area contributed by atoms with Gasteiger partial charge in [-0.05, 0) is 55.9 Å². The van der Waals surface area contributed by atoms with Crippen LogP contribution in [0.2, 0.25) is 5.02 Å². The molecule has 92 valence electrons. The first-order valence-electron chi connectivity index (χ1n) is 6.28. The summed E-state index contributed by atoms with van der Waals surface area (Å²) in [6, 6.07) is 7.49. The summed E-state index contributed by atoms with van der Waals surface area (Å²) in [5.41, 5.74) is 1.22. The number of allylic oxidation sites excluding steroid dienone is 1. The third-order valence-corrected chi connectivity index (χ3v) is 3.82. The number of rotatable bonds is 2. The van der Waals surface area contributed by atoms with E-state index in [0.717, 1.165) is 24.0 Å². The minimum atomic E-state index is -0.852. The van der Waals surface area contributed by atoms with E-state index in [1.54, 1.807) is 0 Å². The Kier molecular flexibility index (Phi) is 3.90. The molecule has 1 aliphatic rings. The van der Waals surface area contributed by atoms with E-state index in [0.29, 0.717) is 5.02 Å². The molecule has 17 heavy (non-hydrogen) atoms. The van der Waals surface area contributed by atoms with Crippen molar-refractivity contribution >= 4 is 11.6 Å². The molecule has 0 aromatic heterocycles. The van der Waals surface area contributed by atoms with Gasteiger partial charge in [0, 0.05) is 5.02 Å². The molecule has 0 saturated carbocycles. The van der Waals surface area contributed by atoms with Gasteiger partial charge in [0.15, 0.2) is 0 Å². The molecule has 0 saturated heterocycles. The Bertz CT molecular complexity index is 403. The molecule has 1 aromatic carbocycles. The van der Waals surface area contributed by atoms with Crippen molar-refractivity contribution in [2.75, 3.05) is 0 Å². The van der Waals surface area contributed by atoms with Crippen LogP contribution < -0.4 is 0 Å². The second-order valence-electron chi connectivity index (χ2n) is 4.91. The maximum Gasteiger partial charge on any atom is 0.108 e. The first-order chi connectivity index (χ1) is 8.10. The van der Waals surface area contributed by atoms with Gasteiger partial charge in [0.05, 0.1) is 0 Å². The molecule has 0 amide bonds. The van der Waals surface area contributed by atoms with Crippen LogP contribution in [0, 0.1) is 0 Å². The van der Waals surface area contributed by atoms with Crippen LogP contribution in [0.3, 0.4) is 0 Å². The average molecular weight is 251 g/mol. The lowest BCUT2D eigenvalue weighted by atomic mass is 9.85. The second-order valence-corrected chi connectivity index (χ2v) is 5.34. The summed E-state index contributed by atoms with van der Waals surface area (Å²) in [6.07, 6.45) is 7.96. The lowest BCUT2D eigenvalue weighted by molar-refractivity contribution is 0.0932. The Morgan fingerprint density at radius 3 is 2.53 bits per heavy atom. The maximum absolute atomic E-state index is 10.7. The molecule has 0 aliphatic heterocycles. The standard InChI is InChI=1S/C15H19ClO/c1-15(17,12-6-4-2-3-5-7-12)13-8-10-14(16)11-9-13/h6,8-11,17H,2-5,7H2,1H3. The van der Waals surface area contributed by atoms with Gasteiger partial charge in [-0.15, -0.1) is 0 Å². The largest absolute Gasteiger partial charge is 0.381 e. The van der Waals surface area contributed by atoms with E-state index in [9.17, 15) is 5.11 Å². The fourth-order valence-corrected chi connectivity index (χ4v) is 2.54. The van der Waals surface area contributed by atoms with Crippen LogP contribution in [0.5, 0.6) is 0 Å². The van der Waals surface area contributed by atoms with Crippen molar-refractivity contribution in [2.45, 2.75) is 44.6 Å². The van der Waals surface area contributed by atoms with Crippen molar-refractivity contribution in [1.82, 2.24) is 0 Å². The first kappa shape index (κ1) is 12.7. The van der Waals surface area contributed by atoms with Gasteiger partial charge in [0.1, 0.15) is 5.60 Å². The Morgan fingerprint density at radius 2 is 1.82 bits per heavy atom. The third-order valence-electron chi connectivity index (χ3n) is 3.57. The summed E-state index contributed by atoms with van der Waals surface area (Å²) in [4.78, 5) is 0. The highest BCUT2D eigenvalue weighted by Gasteiger charge is 2.27. The zero-order valence-electron chi connectivity index (χ0n) is 10.2. The smallest absolute Gasteiger partial charge is 0.108 e. The van der Waals surface area contributed by atoms with Crippen LogP contribution in [-0.2, 0) is 5.60 Å². The van der Waals surface area contributed by atoms with E-state index < -0.39 is 5.60 Å². The highest BCUT2D eigenvalue weighted by Crippen LogP contribution is 2.34. The molecular formula is C15H19ClO. The van der Waals surface area contributed by atoms with Crippen molar-refractivity contribution in [3.63, 3.8) is 0 Å².